The van der Waals surface area contributed by atoms with E-state index in [1.54, 1.807) is 30.3 Å². The number of carbonyl (C=O) groups is 2. The van der Waals surface area contributed by atoms with Gasteiger partial charge in [0.15, 0.2) is 12.3 Å². The summed E-state index contributed by atoms with van der Waals surface area (Å²) >= 11 is 0. The lowest BCUT2D eigenvalue weighted by Gasteiger charge is -2.13. The van der Waals surface area contributed by atoms with Gasteiger partial charge in [-0.1, -0.05) is 18.2 Å². The number of hydrogen-bond acceptors (Lipinski definition) is 3. The molecule has 96 valence electrons. The fourth-order valence-corrected chi connectivity index (χ4v) is 1.78. The fraction of sp³-hybridized carbons (Fsp3) is 0.333. The zero-order valence-electron chi connectivity index (χ0n) is 9.45. The second-order valence-corrected chi connectivity index (χ2v) is 4.01. The molecule has 5 nitrogen and oxygen atoms in total. The second kappa shape index (κ2) is 5.03. The number of hydrogen-bond donors (Lipinski definition) is 1. The fourth-order valence-electron chi connectivity index (χ4n) is 1.78. The molecule has 0 spiro atoms. The molecule has 1 N–H and O–H groups in total. The van der Waals surface area contributed by atoms with Crippen LogP contribution in [0.3, 0.4) is 0 Å². The number of nitrogens with zero attached hydrogens (tertiary/aromatic N) is 1. The van der Waals surface area contributed by atoms with E-state index in [9.17, 15) is 14.0 Å². The number of benzene rings is 1. The highest BCUT2D eigenvalue weighted by molar-refractivity contribution is 5.89. The van der Waals surface area contributed by atoms with Crippen molar-refractivity contribution in [3.8, 4) is 0 Å². The number of carboxylic acid groups (broad SMARTS) is 1. The first kappa shape index (κ1) is 12.3. The van der Waals surface area contributed by atoms with Crippen molar-refractivity contribution in [3.05, 3.63) is 35.9 Å². The molecule has 1 aromatic carbocycles. The Morgan fingerprint density at radius 1 is 1.28 bits per heavy atom. The van der Waals surface area contributed by atoms with Crippen molar-refractivity contribution in [1.29, 1.82) is 0 Å². The van der Waals surface area contributed by atoms with Crippen molar-refractivity contribution in [1.82, 2.24) is 4.90 Å². The number of rotatable bonds is 2. The number of esters is 1. The molecule has 6 heteroatoms. The molecule has 2 unspecified atom stereocenters. The van der Waals surface area contributed by atoms with E-state index in [2.05, 4.69) is 0 Å². The van der Waals surface area contributed by atoms with Gasteiger partial charge < -0.3 is 14.7 Å². The molecule has 0 aromatic heterocycles. The molecule has 2 rings (SSSR count). The standard InChI is InChI=1S/C12H12FNO4/c13-9-6-14(12(16)17)7-10(9)18-11(15)8-4-2-1-3-5-8/h1-5,9-10H,6-7H2,(H,16,17). The average molecular weight is 253 g/mol. The van der Waals surface area contributed by atoms with Crippen LogP contribution in [0.2, 0.25) is 0 Å². The van der Waals surface area contributed by atoms with E-state index >= 15 is 0 Å². The Bertz CT molecular complexity index is 451. The van der Waals surface area contributed by atoms with Crippen molar-refractivity contribution in [2.24, 2.45) is 0 Å². The maximum Gasteiger partial charge on any atom is 0.407 e. The Morgan fingerprint density at radius 3 is 2.50 bits per heavy atom. The molecule has 1 heterocycles. The monoisotopic (exact) mass is 253 g/mol. The second-order valence-electron chi connectivity index (χ2n) is 4.01. The third kappa shape index (κ3) is 2.58. The Balaban J connectivity index is 1.98. The maximum atomic E-state index is 13.5. The molecule has 1 saturated heterocycles. The maximum absolute atomic E-state index is 13.5. The van der Waals surface area contributed by atoms with Crippen LogP contribution in [0.1, 0.15) is 10.4 Å². The number of ether oxygens (including phenoxy) is 1. The minimum atomic E-state index is -1.48. The Labute approximate surface area is 103 Å². The summed E-state index contributed by atoms with van der Waals surface area (Å²) in [6.07, 6.45) is -3.72. The normalized spacial score (nSPS) is 22.8. The highest BCUT2D eigenvalue weighted by Crippen LogP contribution is 2.18. The van der Waals surface area contributed by atoms with Crippen LogP contribution in [0.15, 0.2) is 30.3 Å². The van der Waals surface area contributed by atoms with Gasteiger partial charge in [0, 0.05) is 0 Å². The summed E-state index contributed by atoms with van der Waals surface area (Å²) in [6, 6.07) is 8.19. The molecule has 0 radical (unpaired) electrons. The lowest BCUT2D eigenvalue weighted by atomic mass is 10.2. The van der Waals surface area contributed by atoms with E-state index in [1.165, 1.54) is 0 Å². The molecule has 18 heavy (non-hydrogen) atoms. The van der Waals surface area contributed by atoms with Crippen molar-refractivity contribution in [2.75, 3.05) is 13.1 Å². The number of likely N-dealkylation sites (tertiary alicyclic amines) is 1. The van der Waals surface area contributed by atoms with E-state index in [4.69, 9.17) is 9.84 Å². The SMILES string of the molecule is O=C(OC1CN(C(=O)O)CC1F)c1ccccc1. The van der Waals surface area contributed by atoms with Crippen LogP contribution in [0.4, 0.5) is 9.18 Å². The van der Waals surface area contributed by atoms with E-state index in [0.717, 1.165) is 4.90 Å². The van der Waals surface area contributed by atoms with Crippen molar-refractivity contribution in [2.45, 2.75) is 12.3 Å². The van der Waals surface area contributed by atoms with Crippen LogP contribution < -0.4 is 0 Å². The van der Waals surface area contributed by atoms with Crippen LogP contribution in [0.5, 0.6) is 0 Å². The molecular weight excluding hydrogens is 241 g/mol. The highest BCUT2D eigenvalue weighted by atomic mass is 19.1. The third-order valence-corrected chi connectivity index (χ3v) is 2.74. The van der Waals surface area contributed by atoms with Crippen LogP contribution in [0.25, 0.3) is 0 Å². The summed E-state index contributed by atoms with van der Waals surface area (Å²) in [5.74, 6) is -0.643. The molecule has 1 aromatic rings. The molecule has 1 aliphatic rings. The largest absolute Gasteiger partial charge is 0.465 e. The predicted octanol–water partition coefficient (Wildman–Crippen LogP) is 1.54. The molecule has 2 atom stereocenters. The van der Waals surface area contributed by atoms with Crippen molar-refractivity contribution in [3.63, 3.8) is 0 Å². The third-order valence-electron chi connectivity index (χ3n) is 2.74. The average Bonchev–Trinajstić information content (AvgIpc) is 2.72. The zero-order valence-corrected chi connectivity index (χ0v) is 9.45. The minimum Gasteiger partial charge on any atom is -0.465 e. The van der Waals surface area contributed by atoms with E-state index in [-0.39, 0.29) is 13.1 Å². The first-order valence-corrected chi connectivity index (χ1v) is 5.46. The van der Waals surface area contributed by atoms with Gasteiger partial charge in [0.1, 0.15) is 0 Å². The number of alkyl halides is 1. The van der Waals surface area contributed by atoms with Gasteiger partial charge in [0.25, 0.3) is 0 Å². The molecular formula is C12H12FNO4. The Hall–Kier alpha value is -2.11. The summed E-state index contributed by atoms with van der Waals surface area (Å²) in [5, 5.41) is 8.72. The smallest absolute Gasteiger partial charge is 0.407 e. The van der Waals surface area contributed by atoms with Gasteiger partial charge in [0.2, 0.25) is 0 Å². The summed E-state index contributed by atoms with van der Waals surface area (Å²) in [5.41, 5.74) is 0.318. The van der Waals surface area contributed by atoms with Gasteiger partial charge in [0.05, 0.1) is 18.7 Å². The molecule has 0 bridgehead atoms. The minimum absolute atomic E-state index is 0.130. The molecule has 0 saturated carbocycles. The van der Waals surface area contributed by atoms with Gasteiger partial charge in [-0.2, -0.15) is 0 Å². The lowest BCUT2D eigenvalue weighted by molar-refractivity contribution is 0.0184. The highest BCUT2D eigenvalue weighted by Gasteiger charge is 2.38. The van der Waals surface area contributed by atoms with E-state index in [0.29, 0.717) is 5.56 Å². The van der Waals surface area contributed by atoms with Gasteiger partial charge in [-0.25, -0.2) is 14.0 Å². The molecule has 1 fully saturated rings. The van der Waals surface area contributed by atoms with Crippen LogP contribution >= 0.6 is 0 Å². The summed E-state index contributed by atoms with van der Waals surface area (Å²) < 4.78 is 18.5. The summed E-state index contributed by atoms with van der Waals surface area (Å²) in [6.45, 7) is -0.392. The van der Waals surface area contributed by atoms with Crippen LogP contribution in [-0.2, 0) is 4.74 Å². The number of amides is 1. The van der Waals surface area contributed by atoms with E-state index in [1.807, 2.05) is 0 Å². The van der Waals surface area contributed by atoms with Crippen molar-refractivity contribution < 1.29 is 23.8 Å². The van der Waals surface area contributed by atoms with Crippen LogP contribution in [-0.4, -0.2) is 47.4 Å². The first-order chi connectivity index (χ1) is 8.58. The summed E-state index contributed by atoms with van der Waals surface area (Å²) in [7, 11) is 0. The van der Waals surface area contributed by atoms with Crippen LogP contribution in [0, 0.1) is 0 Å². The number of halogens is 1. The quantitative estimate of drug-likeness (QED) is 0.812. The van der Waals surface area contributed by atoms with Gasteiger partial charge >= 0.3 is 12.1 Å². The van der Waals surface area contributed by atoms with Gasteiger partial charge in [-0.3, -0.25) is 0 Å². The Morgan fingerprint density at radius 2 is 1.94 bits per heavy atom. The predicted molar refractivity (Wildman–Crippen MR) is 60.1 cm³/mol. The van der Waals surface area contributed by atoms with Gasteiger partial charge in [-0.15, -0.1) is 0 Å². The first-order valence-electron chi connectivity index (χ1n) is 5.46. The van der Waals surface area contributed by atoms with Gasteiger partial charge in [-0.05, 0) is 12.1 Å². The van der Waals surface area contributed by atoms with E-state index < -0.39 is 24.3 Å². The Kier molecular flexibility index (Phi) is 3.45. The molecule has 1 aliphatic heterocycles. The molecule has 0 aliphatic carbocycles. The summed E-state index contributed by atoms with van der Waals surface area (Å²) in [4.78, 5) is 23.2. The van der Waals surface area contributed by atoms with Crippen molar-refractivity contribution >= 4 is 12.1 Å². The zero-order chi connectivity index (χ0) is 13.1. The lowest BCUT2D eigenvalue weighted by Crippen LogP contribution is -2.29. The topological polar surface area (TPSA) is 66.8 Å². The number of carbonyl (C=O) groups excluding carboxylic acids is 1. The molecule has 1 amide bonds.